The number of benzene rings is 1. The lowest BCUT2D eigenvalue weighted by atomic mass is 10.0. The minimum atomic E-state index is -3.58. The standard InChI is InChI=1S/C15H21N3O2S/c1-11(2)14-6-4-5-7-15(14)18-21(19,20)13-8-12(9-16-3)17-10-13/h4-8,10-11,16-18H,9H2,1-3H3. The van der Waals surface area contributed by atoms with E-state index in [1.54, 1.807) is 12.1 Å². The van der Waals surface area contributed by atoms with Crippen LogP contribution in [0.25, 0.3) is 0 Å². The van der Waals surface area contributed by atoms with Crippen LogP contribution in [-0.2, 0) is 16.6 Å². The van der Waals surface area contributed by atoms with E-state index >= 15 is 0 Å². The van der Waals surface area contributed by atoms with Gasteiger partial charge in [0.05, 0.1) is 5.69 Å². The highest BCUT2D eigenvalue weighted by Crippen LogP contribution is 2.26. The number of H-pyrrole nitrogens is 1. The number of nitrogens with one attached hydrogen (secondary N) is 3. The van der Waals surface area contributed by atoms with Gasteiger partial charge in [0, 0.05) is 18.4 Å². The van der Waals surface area contributed by atoms with Gasteiger partial charge < -0.3 is 10.3 Å². The van der Waals surface area contributed by atoms with Crippen molar-refractivity contribution < 1.29 is 8.42 Å². The van der Waals surface area contributed by atoms with Crippen molar-refractivity contribution in [1.29, 1.82) is 0 Å². The Kier molecular flexibility index (Phi) is 4.69. The number of para-hydroxylation sites is 1. The zero-order valence-electron chi connectivity index (χ0n) is 12.5. The van der Waals surface area contributed by atoms with Crippen LogP contribution in [0.1, 0.15) is 31.0 Å². The molecule has 0 atom stereocenters. The second-order valence-corrected chi connectivity index (χ2v) is 6.92. The van der Waals surface area contributed by atoms with Gasteiger partial charge in [-0.25, -0.2) is 8.42 Å². The molecule has 0 aliphatic heterocycles. The first-order valence-corrected chi connectivity index (χ1v) is 8.36. The van der Waals surface area contributed by atoms with E-state index in [9.17, 15) is 8.42 Å². The van der Waals surface area contributed by atoms with Crippen LogP contribution in [0.3, 0.4) is 0 Å². The Morgan fingerprint density at radius 2 is 1.95 bits per heavy atom. The molecule has 5 nitrogen and oxygen atoms in total. The van der Waals surface area contributed by atoms with Crippen molar-refractivity contribution >= 4 is 15.7 Å². The molecule has 0 amide bonds. The quantitative estimate of drug-likeness (QED) is 0.768. The summed E-state index contributed by atoms with van der Waals surface area (Å²) in [6.45, 7) is 4.67. The normalized spacial score (nSPS) is 11.8. The van der Waals surface area contributed by atoms with Gasteiger partial charge in [-0.2, -0.15) is 0 Å². The Labute approximate surface area is 125 Å². The number of hydrogen-bond acceptors (Lipinski definition) is 3. The summed E-state index contributed by atoms with van der Waals surface area (Å²) in [6.07, 6.45) is 1.51. The SMILES string of the molecule is CNCc1cc(S(=O)(=O)Nc2ccccc2C(C)C)c[nH]1. The van der Waals surface area contributed by atoms with E-state index in [1.165, 1.54) is 6.20 Å². The van der Waals surface area contributed by atoms with Crippen molar-refractivity contribution in [3.8, 4) is 0 Å². The molecule has 0 radical (unpaired) electrons. The summed E-state index contributed by atoms with van der Waals surface area (Å²) in [7, 11) is -1.76. The topological polar surface area (TPSA) is 74.0 Å². The molecule has 1 aromatic carbocycles. The number of anilines is 1. The zero-order valence-corrected chi connectivity index (χ0v) is 13.3. The van der Waals surface area contributed by atoms with E-state index < -0.39 is 10.0 Å². The van der Waals surface area contributed by atoms with Crippen LogP contribution in [-0.4, -0.2) is 20.4 Å². The second kappa shape index (κ2) is 6.32. The number of aromatic amines is 1. The number of rotatable bonds is 6. The predicted molar refractivity (Wildman–Crippen MR) is 84.9 cm³/mol. The van der Waals surface area contributed by atoms with Gasteiger partial charge >= 0.3 is 0 Å². The molecule has 0 aliphatic carbocycles. The van der Waals surface area contributed by atoms with Gasteiger partial charge in [0.15, 0.2) is 0 Å². The summed E-state index contributed by atoms with van der Waals surface area (Å²) in [4.78, 5) is 3.20. The molecule has 1 aromatic heterocycles. The monoisotopic (exact) mass is 307 g/mol. The summed E-state index contributed by atoms with van der Waals surface area (Å²) < 4.78 is 27.6. The zero-order chi connectivity index (χ0) is 15.5. The van der Waals surface area contributed by atoms with Crippen molar-refractivity contribution in [3.05, 3.63) is 47.8 Å². The molecule has 0 fully saturated rings. The average molecular weight is 307 g/mol. The summed E-state index contributed by atoms with van der Waals surface area (Å²) in [5.74, 6) is 0.245. The van der Waals surface area contributed by atoms with E-state index in [1.807, 2.05) is 39.1 Å². The van der Waals surface area contributed by atoms with Crippen LogP contribution in [0.5, 0.6) is 0 Å². The molecular formula is C15H21N3O2S. The van der Waals surface area contributed by atoms with E-state index in [-0.39, 0.29) is 10.8 Å². The Hall–Kier alpha value is -1.79. The van der Waals surface area contributed by atoms with E-state index in [0.29, 0.717) is 12.2 Å². The molecule has 6 heteroatoms. The molecule has 0 saturated carbocycles. The first-order chi connectivity index (χ1) is 9.94. The van der Waals surface area contributed by atoms with Gasteiger partial charge in [0.1, 0.15) is 4.90 Å². The maximum atomic E-state index is 12.4. The fourth-order valence-electron chi connectivity index (χ4n) is 2.16. The minimum Gasteiger partial charge on any atom is -0.363 e. The maximum absolute atomic E-state index is 12.4. The van der Waals surface area contributed by atoms with Gasteiger partial charge in [0.2, 0.25) is 0 Å². The van der Waals surface area contributed by atoms with Gasteiger partial charge in [0.25, 0.3) is 10.0 Å². The lowest BCUT2D eigenvalue weighted by Gasteiger charge is -2.14. The second-order valence-electron chi connectivity index (χ2n) is 5.24. The van der Waals surface area contributed by atoms with Gasteiger partial charge in [-0.15, -0.1) is 0 Å². The summed E-state index contributed by atoms with van der Waals surface area (Å²) in [5.41, 5.74) is 2.44. The molecule has 114 valence electrons. The molecular weight excluding hydrogens is 286 g/mol. The van der Waals surface area contributed by atoms with E-state index in [0.717, 1.165) is 11.3 Å². The van der Waals surface area contributed by atoms with Crippen molar-refractivity contribution in [2.45, 2.75) is 31.2 Å². The van der Waals surface area contributed by atoms with Gasteiger partial charge in [-0.1, -0.05) is 32.0 Å². The molecule has 0 spiro atoms. The van der Waals surface area contributed by atoms with Crippen LogP contribution >= 0.6 is 0 Å². The summed E-state index contributed by atoms with van der Waals surface area (Å²) in [5, 5.41) is 2.98. The summed E-state index contributed by atoms with van der Waals surface area (Å²) >= 11 is 0. The van der Waals surface area contributed by atoms with Gasteiger partial charge in [-0.3, -0.25) is 4.72 Å². The molecule has 2 aromatic rings. The third-order valence-corrected chi connectivity index (χ3v) is 4.57. The number of hydrogen-bond donors (Lipinski definition) is 3. The van der Waals surface area contributed by atoms with Crippen LogP contribution < -0.4 is 10.0 Å². The van der Waals surface area contributed by atoms with E-state index in [4.69, 9.17) is 0 Å². The first-order valence-electron chi connectivity index (χ1n) is 6.87. The van der Waals surface area contributed by atoms with Gasteiger partial charge in [-0.05, 0) is 30.7 Å². The third-order valence-electron chi connectivity index (χ3n) is 3.22. The maximum Gasteiger partial charge on any atom is 0.263 e. The lowest BCUT2D eigenvalue weighted by molar-refractivity contribution is 0.601. The largest absolute Gasteiger partial charge is 0.363 e. The van der Waals surface area contributed by atoms with E-state index in [2.05, 4.69) is 15.0 Å². The van der Waals surface area contributed by atoms with Crippen molar-refractivity contribution in [2.24, 2.45) is 0 Å². The third kappa shape index (κ3) is 3.65. The van der Waals surface area contributed by atoms with Crippen LogP contribution in [0.15, 0.2) is 41.4 Å². The average Bonchev–Trinajstić information content (AvgIpc) is 2.88. The van der Waals surface area contributed by atoms with Crippen molar-refractivity contribution in [3.63, 3.8) is 0 Å². The molecule has 0 bridgehead atoms. The molecule has 0 saturated heterocycles. The highest BCUT2D eigenvalue weighted by Gasteiger charge is 2.18. The highest BCUT2D eigenvalue weighted by molar-refractivity contribution is 7.92. The van der Waals surface area contributed by atoms with Crippen LogP contribution in [0.4, 0.5) is 5.69 Å². The van der Waals surface area contributed by atoms with Crippen LogP contribution in [0.2, 0.25) is 0 Å². The fourth-order valence-corrected chi connectivity index (χ4v) is 3.27. The Balaban J connectivity index is 2.29. The molecule has 1 heterocycles. The van der Waals surface area contributed by atoms with Crippen molar-refractivity contribution in [2.75, 3.05) is 11.8 Å². The Morgan fingerprint density at radius 1 is 1.24 bits per heavy atom. The Morgan fingerprint density at radius 3 is 2.62 bits per heavy atom. The molecule has 0 aliphatic rings. The van der Waals surface area contributed by atoms with Crippen molar-refractivity contribution in [1.82, 2.24) is 10.3 Å². The highest BCUT2D eigenvalue weighted by atomic mass is 32.2. The molecule has 2 rings (SSSR count). The lowest BCUT2D eigenvalue weighted by Crippen LogP contribution is -2.14. The predicted octanol–water partition coefficient (Wildman–Crippen LogP) is 2.66. The molecule has 21 heavy (non-hydrogen) atoms. The van der Waals surface area contributed by atoms with Crippen LogP contribution in [0, 0.1) is 0 Å². The summed E-state index contributed by atoms with van der Waals surface area (Å²) in [6, 6.07) is 9.10. The molecule has 0 unspecified atom stereocenters. The molecule has 3 N–H and O–H groups in total. The minimum absolute atomic E-state index is 0.242. The number of aromatic nitrogens is 1. The Bertz CT molecular complexity index is 705. The smallest absolute Gasteiger partial charge is 0.263 e. The number of sulfonamides is 1. The fraction of sp³-hybridized carbons (Fsp3) is 0.333. The first kappa shape index (κ1) is 15.6.